The zero-order chi connectivity index (χ0) is 11.7. The minimum Gasteiger partial charge on any atom is -0.359 e. The molecule has 1 atom stereocenters. The van der Waals surface area contributed by atoms with Crippen LogP contribution in [0.4, 0.5) is 5.69 Å². The Morgan fingerprint density at radius 1 is 1.38 bits per heavy atom. The third kappa shape index (κ3) is 1.90. The predicted molar refractivity (Wildman–Crippen MR) is 69.8 cm³/mol. The molecule has 16 heavy (non-hydrogen) atoms. The van der Waals surface area contributed by atoms with E-state index in [0.717, 1.165) is 17.3 Å². The number of methoxy groups -OCH3 is 1. The van der Waals surface area contributed by atoms with Crippen molar-refractivity contribution >= 4 is 23.0 Å². The van der Waals surface area contributed by atoms with Crippen LogP contribution in [0.25, 0.3) is 0 Å². The van der Waals surface area contributed by atoms with E-state index >= 15 is 0 Å². The quantitative estimate of drug-likeness (QED) is 0.794. The summed E-state index contributed by atoms with van der Waals surface area (Å²) in [7, 11) is 1.70. The fourth-order valence-corrected chi connectivity index (χ4v) is 2.14. The summed E-state index contributed by atoms with van der Waals surface area (Å²) < 4.78 is 5.39. The zero-order valence-corrected chi connectivity index (χ0v) is 10.6. The topological polar surface area (TPSA) is 24.5 Å². The SMILES string of the molecule is CO[C@@H]1CNC(=S)N1c1ccc(C)c(C)c1. The second-order valence-corrected chi connectivity index (χ2v) is 4.40. The van der Waals surface area contributed by atoms with E-state index in [9.17, 15) is 0 Å². The lowest BCUT2D eigenvalue weighted by Gasteiger charge is -2.24. The fourth-order valence-electron chi connectivity index (χ4n) is 1.83. The van der Waals surface area contributed by atoms with E-state index in [0.29, 0.717) is 0 Å². The molecule has 1 heterocycles. The van der Waals surface area contributed by atoms with Crippen LogP contribution in [-0.2, 0) is 4.74 Å². The third-order valence-electron chi connectivity index (χ3n) is 2.98. The summed E-state index contributed by atoms with van der Waals surface area (Å²) in [6.45, 7) is 4.95. The predicted octanol–water partition coefficient (Wildman–Crippen LogP) is 1.97. The molecule has 0 unspecified atom stereocenters. The van der Waals surface area contributed by atoms with Gasteiger partial charge in [0.05, 0.1) is 6.54 Å². The molecule has 0 radical (unpaired) electrons. The molecule has 0 saturated carbocycles. The minimum absolute atomic E-state index is 0.00499. The maximum atomic E-state index is 5.39. The molecule has 1 fully saturated rings. The zero-order valence-electron chi connectivity index (χ0n) is 9.78. The Morgan fingerprint density at radius 3 is 2.75 bits per heavy atom. The summed E-state index contributed by atoms with van der Waals surface area (Å²) in [6, 6.07) is 6.33. The van der Waals surface area contributed by atoms with Crippen molar-refractivity contribution in [2.24, 2.45) is 0 Å². The summed E-state index contributed by atoms with van der Waals surface area (Å²) >= 11 is 5.28. The van der Waals surface area contributed by atoms with Gasteiger partial charge in [0, 0.05) is 12.8 Å². The Morgan fingerprint density at radius 2 is 2.12 bits per heavy atom. The molecule has 0 spiro atoms. The number of aryl methyl sites for hydroxylation is 2. The normalized spacial score (nSPS) is 20.1. The van der Waals surface area contributed by atoms with Crippen molar-refractivity contribution in [2.45, 2.75) is 20.1 Å². The molecule has 1 aliphatic rings. The molecule has 86 valence electrons. The minimum atomic E-state index is -0.00499. The van der Waals surface area contributed by atoms with E-state index < -0.39 is 0 Å². The first-order chi connectivity index (χ1) is 7.63. The number of rotatable bonds is 2. The van der Waals surface area contributed by atoms with Crippen molar-refractivity contribution in [1.82, 2.24) is 5.32 Å². The standard InChI is InChI=1S/C12H16N2OS/c1-8-4-5-10(6-9(8)2)14-11(15-3)7-13-12(14)16/h4-6,11H,7H2,1-3H3,(H,13,16)/t11-/m1/s1. The molecule has 3 nitrogen and oxygen atoms in total. The van der Waals surface area contributed by atoms with Gasteiger partial charge in [-0.3, -0.25) is 4.90 Å². The Kier molecular flexibility index (Phi) is 3.12. The van der Waals surface area contributed by atoms with Gasteiger partial charge in [-0.1, -0.05) is 6.07 Å². The Balaban J connectivity index is 2.35. The maximum Gasteiger partial charge on any atom is 0.175 e. The van der Waals surface area contributed by atoms with Crippen molar-refractivity contribution < 1.29 is 4.74 Å². The average Bonchev–Trinajstić information content (AvgIpc) is 2.64. The molecule has 1 aromatic carbocycles. The highest BCUT2D eigenvalue weighted by atomic mass is 32.1. The first-order valence-corrected chi connectivity index (χ1v) is 5.71. The number of thiocarbonyl (C=S) groups is 1. The summed E-state index contributed by atoms with van der Waals surface area (Å²) in [4.78, 5) is 2.02. The van der Waals surface area contributed by atoms with Crippen molar-refractivity contribution in [1.29, 1.82) is 0 Å². The van der Waals surface area contributed by atoms with Gasteiger partial charge in [-0.2, -0.15) is 0 Å². The molecule has 0 aliphatic carbocycles. The number of anilines is 1. The number of benzene rings is 1. The van der Waals surface area contributed by atoms with Crippen molar-refractivity contribution in [3.63, 3.8) is 0 Å². The van der Waals surface area contributed by atoms with Crippen LogP contribution in [0.5, 0.6) is 0 Å². The van der Waals surface area contributed by atoms with Crippen molar-refractivity contribution in [3.05, 3.63) is 29.3 Å². The van der Waals surface area contributed by atoms with Gasteiger partial charge >= 0.3 is 0 Å². The lowest BCUT2D eigenvalue weighted by Crippen LogP contribution is -2.35. The van der Waals surface area contributed by atoms with Gasteiger partial charge in [-0.15, -0.1) is 0 Å². The van der Waals surface area contributed by atoms with Crippen LogP contribution >= 0.6 is 12.2 Å². The van der Waals surface area contributed by atoms with E-state index in [4.69, 9.17) is 17.0 Å². The van der Waals surface area contributed by atoms with Gasteiger partial charge in [0.1, 0.15) is 0 Å². The maximum absolute atomic E-state index is 5.39. The second kappa shape index (κ2) is 4.39. The highest BCUT2D eigenvalue weighted by Gasteiger charge is 2.28. The molecular weight excluding hydrogens is 220 g/mol. The van der Waals surface area contributed by atoms with Gasteiger partial charge in [0.25, 0.3) is 0 Å². The number of hydrogen-bond donors (Lipinski definition) is 1. The highest BCUT2D eigenvalue weighted by Crippen LogP contribution is 2.23. The lowest BCUT2D eigenvalue weighted by atomic mass is 10.1. The van der Waals surface area contributed by atoms with Gasteiger partial charge in [0.2, 0.25) is 0 Å². The van der Waals surface area contributed by atoms with Crippen LogP contribution in [0.15, 0.2) is 18.2 Å². The molecule has 1 aromatic rings. The molecular formula is C12H16N2OS. The van der Waals surface area contributed by atoms with Gasteiger partial charge in [-0.25, -0.2) is 0 Å². The summed E-state index contributed by atoms with van der Waals surface area (Å²) in [5.74, 6) is 0. The second-order valence-electron chi connectivity index (χ2n) is 4.01. The van der Waals surface area contributed by atoms with Crippen LogP contribution in [-0.4, -0.2) is 25.0 Å². The van der Waals surface area contributed by atoms with Gasteiger partial charge in [-0.05, 0) is 49.3 Å². The molecule has 2 rings (SSSR count). The smallest absolute Gasteiger partial charge is 0.175 e. The molecule has 0 amide bonds. The largest absolute Gasteiger partial charge is 0.359 e. The molecule has 0 bridgehead atoms. The van der Waals surface area contributed by atoms with Gasteiger partial charge < -0.3 is 10.1 Å². The van der Waals surface area contributed by atoms with E-state index in [1.54, 1.807) is 7.11 Å². The Hall–Kier alpha value is -1.13. The first-order valence-electron chi connectivity index (χ1n) is 5.30. The monoisotopic (exact) mass is 236 g/mol. The molecule has 1 N–H and O–H groups in total. The van der Waals surface area contributed by atoms with E-state index in [1.807, 2.05) is 4.90 Å². The van der Waals surface area contributed by atoms with Crippen LogP contribution in [0, 0.1) is 13.8 Å². The molecule has 1 saturated heterocycles. The van der Waals surface area contributed by atoms with E-state index in [2.05, 4.69) is 37.4 Å². The third-order valence-corrected chi connectivity index (χ3v) is 3.32. The molecule has 4 heteroatoms. The number of ether oxygens (including phenoxy) is 1. The van der Waals surface area contributed by atoms with Crippen LogP contribution in [0.1, 0.15) is 11.1 Å². The first kappa shape index (κ1) is 11.4. The van der Waals surface area contributed by atoms with Crippen molar-refractivity contribution in [3.8, 4) is 0 Å². The van der Waals surface area contributed by atoms with Crippen LogP contribution < -0.4 is 10.2 Å². The summed E-state index contributed by atoms with van der Waals surface area (Å²) in [6.07, 6.45) is -0.00499. The lowest BCUT2D eigenvalue weighted by molar-refractivity contribution is 0.123. The molecule has 0 aromatic heterocycles. The number of hydrogen-bond acceptors (Lipinski definition) is 2. The average molecular weight is 236 g/mol. The molecule has 1 aliphatic heterocycles. The number of nitrogens with one attached hydrogen (secondary N) is 1. The van der Waals surface area contributed by atoms with Gasteiger partial charge in [0.15, 0.2) is 11.3 Å². The fraction of sp³-hybridized carbons (Fsp3) is 0.417. The van der Waals surface area contributed by atoms with E-state index in [-0.39, 0.29) is 6.23 Å². The van der Waals surface area contributed by atoms with E-state index in [1.165, 1.54) is 11.1 Å². The Bertz CT molecular complexity index is 419. The Labute approximate surface area is 101 Å². The number of nitrogens with zero attached hydrogens (tertiary/aromatic N) is 1. The highest BCUT2D eigenvalue weighted by molar-refractivity contribution is 7.80. The van der Waals surface area contributed by atoms with Crippen LogP contribution in [0.3, 0.4) is 0 Å². The van der Waals surface area contributed by atoms with Crippen LogP contribution in [0.2, 0.25) is 0 Å². The van der Waals surface area contributed by atoms with Crippen molar-refractivity contribution in [2.75, 3.05) is 18.6 Å². The summed E-state index contributed by atoms with van der Waals surface area (Å²) in [5.41, 5.74) is 3.64. The summed E-state index contributed by atoms with van der Waals surface area (Å²) in [5, 5.41) is 3.87.